The molecule has 1 aromatic carbocycles. The van der Waals surface area contributed by atoms with Gasteiger partial charge in [-0.25, -0.2) is 0 Å². The molecule has 1 saturated heterocycles. The van der Waals surface area contributed by atoms with E-state index >= 15 is 0 Å². The summed E-state index contributed by atoms with van der Waals surface area (Å²) in [5.41, 5.74) is 10.2. The molecule has 2 nitrogen and oxygen atoms in total. The van der Waals surface area contributed by atoms with Crippen molar-refractivity contribution in [2.24, 2.45) is 11.7 Å². The molecule has 0 bridgehead atoms. The van der Waals surface area contributed by atoms with E-state index in [0.717, 1.165) is 12.5 Å². The van der Waals surface area contributed by atoms with Crippen LogP contribution in [0.5, 0.6) is 0 Å². The molecule has 0 amide bonds. The van der Waals surface area contributed by atoms with Crippen molar-refractivity contribution >= 4 is 0 Å². The summed E-state index contributed by atoms with van der Waals surface area (Å²) in [4.78, 5) is 2.60. The van der Waals surface area contributed by atoms with E-state index < -0.39 is 0 Å². The Morgan fingerprint density at radius 1 is 1.32 bits per heavy atom. The fourth-order valence-corrected chi connectivity index (χ4v) is 3.18. The van der Waals surface area contributed by atoms with Crippen LogP contribution >= 0.6 is 0 Å². The SMILES string of the molecule is CCC1CCCN(C(CN)c2ccc(C)c(C)c2)C1. The number of hydrogen-bond donors (Lipinski definition) is 1. The Labute approximate surface area is 118 Å². The molecule has 106 valence electrons. The quantitative estimate of drug-likeness (QED) is 0.898. The van der Waals surface area contributed by atoms with Gasteiger partial charge in [-0.15, -0.1) is 0 Å². The molecule has 2 N–H and O–H groups in total. The zero-order valence-corrected chi connectivity index (χ0v) is 12.7. The Kier molecular flexibility index (Phi) is 5.00. The fraction of sp³-hybridized carbons (Fsp3) is 0.647. The largest absolute Gasteiger partial charge is 0.329 e. The van der Waals surface area contributed by atoms with Gasteiger partial charge in [0.15, 0.2) is 0 Å². The summed E-state index contributed by atoms with van der Waals surface area (Å²) in [7, 11) is 0. The summed E-state index contributed by atoms with van der Waals surface area (Å²) in [6.45, 7) is 9.80. The lowest BCUT2D eigenvalue weighted by molar-refractivity contribution is 0.124. The van der Waals surface area contributed by atoms with Crippen LogP contribution in [0, 0.1) is 19.8 Å². The van der Waals surface area contributed by atoms with Crippen molar-refractivity contribution in [2.45, 2.75) is 46.1 Å². The molecule has 2 unspecified atom stereocenters. The van der Waals surface area contributed by atoms with Crippen LogP contribution in [0.15, 0.2) is 18.2 Å². The average Bonchev–Trinajstić information content (AvgIpc) is 2.44. The standard InChI is InChI=1S/C17H28N2/c1-4-15-6-5-9-19(12-15)17(11-18)16-8-7-13(2)14(3)10-16/h7-8,10,15,17H,4-6,9,11-12,18H2,1-3H3. The molecular weight excluding hydrogens is 232 g/mol. The second-order valence-electron chi connectivity index (χ2n) is 6.01. The van der Waals surface area contributed by atoms with E-state index in [1.165, 1.54) is 49.0 Å². The molecule has 0 aliphatic carbocycles. The highest BCUT2D eigenvalue weighted by molar-refractivity contribution is 5.32. The lowest BCUT2D eigenvalue weighted by atomic mass is 9.92. The van der Waals surface area contributed by atoms with Gasteiger partial charge in [-0.1, -0.05) is 31.5 Å². The molecule has 1 aromatic rings. The number of nitrogens with two attached hydrogens (primary N) is 1. The molecule has 0 saturated carbocycles. The molecule has 2 atom stereocenters. The topological polar surface area (TPSA) is 29.3 Å². The Morgan fingerprint density at radius 3 is 2.74 bits per heavy atom. The van der Waals surface area contributed by atoms with Crippen LogP contribution in [0.1, 0.15) is 48.9 Å². The lowest BCUT2D eigenvalue weighted by Gasteiger charge is -2.38. The molecule has 1 aliphatic rings. The molecule has 1 heterocycles. The van der Waals surface area contributed by atoms with Crippen molar-refractivity contribution in [3.63, 3.8) is 0 Å². The third kappa shape index (κ3) is 3.37. The van der Waals surface area contributed by atoms with Crippen LogP contribution in [0.25, 0.3) is 0 Å². The van der Waals surface area contributed by atoms with E-state index in [1.54, 1.807) is 0 Å². The summed E-state index contributed by atoms with van der Waals surface area (Å²) >= 11 is 0. The van der Waals surface area contributed by atoms with Crippen molar-refractivity contribution in [1.29, 1.82) is 0 Å². The Balaban J connectivity index is 2.16. The third-order valence-corrected chi connectivity index (χ3v) is 4.71. The molecule has 0 radical (unpaired) electrons. The summed E-state index contributed by atoms with van der Waals surface area (Å²) in [6.07, 6.45) is 4.00. The van der Waals surface area contributed by atoms with E-state index in [9.17, 15) is 0 Å². The zero-order valence-electron chi connectivity index (χ0n) is 12.7. The van der Waals surface area contributed by atoms with E-state index in [2.05, 4.69) is 43.9 Å². The molecule has 19 heavy (non-hydrogen) atoms. The maximum atomic E-state index is 6.07. The summed E-state index contributed by atoms with van der Waals surface area (Å²) in [5, 5.41) is 0. The van der Waals surface area contributed by atoms with Crippen molar-refractivity contribution in [1.82, 2.24) is 4.90 Å². The molecule has 1 fully saturated rings. The minimum absolute atomic E-state index is 0.397. The van der Waals surface area contributed by atoms with Gasteiger partial charge in [0.25, 0.3) is 0 Å². The van der Waals surface area contributed by atoms with Gasteiger partial charge in [0.2, 0.25) is 0 Å². The molecule has 2 rings (SSSR count). The lowest BCUT2D eigenvalue weighted by Crippen LogP contribution is -2.41. The minimum atomic E-state index is 0.397. The second kappa shape index (κ2) is 6.53. The van der Waals surface area contributed by atoms with Gasteiger partial charge in [-0.2, -0.15) is 0 Å². The Morgan fingerprint density at radius 2 is 2.11 bits per heavy atom. The maximum Gasteiger partial charge on any atom is 0.0470 e. The first-order valence-electron chi connectivity index (χ1n) is 7.67. The van der Waals surface area contributed by atoms with Crippen LogP contribution in [0.4, 0.5) is 0 Å². The van der Waals surface area contributed by atoms with Gasteiger partial charge in [-0.05, 0) is 55.8 Å². The van der Waals surface area contributed by atoms with Gasteiger partial charge in [0.05, 0.1) is 0 Å². The maximum absolute atomic E-state index is 6.07. The molecule has 0 spiro atoms. The third-order valence-electron chi connectivity index (χ3n) is 4.71. The number of nitrogens with zero attached hydrogens (tertiary/aromatic N) is 1. The van der Waals surface area contributed by atoms with Crippen molar-refractivity contribution in [3.05, 3.63) is 34.9 Å². The number of piperidine rings is 1. The van der Waals surface area contributed by atoms with Crippen molar-refractivity contribution in [2.75, 3.05) is 19.6 Å². The first-order chi connectivity index (χ1) is 9.15. The number of rotatable bonds is 4. The summed E-state index contributed by atoms with van der Waals surface area (Å²) in [6, 6.07) is 7.21. The predicted molar refractivity (Wildman–Crippen MR) is 82.3 cm³/mol. The highest BCUT2D eigenvalue weighted by Gasteiger charge is 2.25. The number of aryl methyl sites for hydroxylation is 2. The monoisotopic (exact) mass is 260 g/mol. The van der Waals surface area contributed by atoms with E-state index in [1.807, 2.05) is 0 Å². The van der Waals surface area contributed by atoms with Gasteiger partial charge in [0, 0.05) is 19.1 Å². The molecule has 2 heteroatoms. The van der Waals surface area contributed by atoms with Gasteiger partial charge < -0.3 is 5.73 Å². The smallest absolute Gasteiger partial charge is 0.0470 e. The summed E-state index contributed by atoms with van der Waals surface area (Å²) in [5.74, 6) is 0.856. The Bertz CT molecular complexity index is 414. The minimum Gasteiger partial charge on any atom is -0.329 e. The first kappa shape index (κ1) is 14.5. The van der Waals surface area contributed by atoms with E-state index in [0.29, 0.717) is 6.04 Å². The molecule has 1 aliphatic heterocycles. The predicted octanol–water partition coefficient (Wildman–Crippen LogP) is 3.43. The van der Waals surface area contributed by atoms with Crippen molar-refractivity contribution < 1.29 is 0 Å². The molecule has 0 aromatic heterocycles. The normalized spacial score (nSPS) is 22.4. The van der Waals surface area contributed by atoms with Crippen LogP contribution in [0.2, 0.25) is 0 Å². The summed E-state index contributed by atoms with van der Waals surface area (Å²) < 4.78 is 0. The van der Waals surface area contributed by atoms with E-state index in [4.69, 9.17) is 5.73 Å². The van der Waals surface area contributed by atoms with E-state index in [-0.39, 0.29) is 0 Å². The second-order valence-corrected chi connectivity index (χ2v) is 6.01. The van der Waals surface area contributed by atoms with Crippen LogP contribution in [0.3, 0.4) is 0 Å². The van der Waals surface area contributed by atoms with Crippen molar-refractivity contribution in [3.8, 4) is 0 Å². The highest BCUT2D eigenvalue weighted by atomic mass is 15.2. The first-order valence-corrected chi connectivity index (χ1v) is 7.67. The van der Waals surface area contributed by atoms with Crippen LogP contribution < -0.4 is 5.73 Å². The Hall–Kier alpha value is -0.860. The number of hydrogen-bond acceptors (Lipinski definition) is 2. The fourth-order valence-electron chi connectivity index (χ4n) is 3.18. The molecular formula is C17H28N2. The van der Waals surface area contributed by atoms with Crippen LogP contribution in [-0.2, 0) is 0 Å². The van der Waals surface area contributed by atoms with Gasteiger partial charge >= 0.3 is 0 Å². The number of benzene rings is 1. The van der Waals surface area contributed by atoms with Gasteiger partial charge in [0.1, 0.15) is 0 Å². The average molecular weight is 260 g/mol. The zero-order chi connectivity index (χ0) is 13.8. The van der Waals surface area contributed by atoms with Crippen LogP contribution in [-0.4, -0.2) is 24.5 Å². The highest BCUT2D eigenvalue weighted by Crippen LogP contribution is 2.28. The number of likely N-dealkylation sites (tertiary alicyclic amines) is 1. The van der Waals surface area contributed by atoms with Gasteiger partial charge in [-0.3, -0.25) is 4.90 Å².